The first-order chi connectivity index (χ1) is 14.4. The number of fused-ring (bicyclic) bond motifs is 1. The molecular weight excluding hydrogens is 488 g/mol. The maximum atomic E-state index is 13.2. The van der Waals surface area contributed by atoms with Crippen LogP contribution in [0.25, 0.3) is 10.2 Å². The first-order valence-corrected chi connectivity index (χ1v) is 11.1. The van der Waals surface area contributed by atoms with Crippen LogP contribution in [0.3, 0.4) is 0 Å². The summed E-state index contributed by atoms with van der Waals surface area (Å²) in [7, 11) is 0. The van der Waals surface area contributed by atoms with Gasteiger partial charge < -0.3 is 0 Å². The molecule has 4 aromatic rings. The molecule has 0 N–H and O–H groups in total. The molecule has 0 saturated heterocycles. The van der Waals surface area contributed by atoms with Crippen molar-refractivity contribution in [2.45, 2.75) is 6.92 Å². The molecule has 0 atom stereocenters. The topological polar surface area (TPSA) is 88.7 Å². The molecule has 0 aliphatic carbocycles. The Balaban J connectivity index is 1.74. The van der Waals surface area contributed by atoms with E-state index >= 15 is 0 Å². The molecule has 2 aromatic carbocycles. The number of benzene rings is 2. The van der Waals surface area contributed by atoms with Gasteiger partial charge in [0.05, 0.1) is 26.2 Å². The van der Waals surface area contributed by atoms with Crippen molar-refractivity contribution in [3.8, 4) is 0 Å². The Morgan fingerprint density at radius 3 is 2.63 bits per heavy atom. The van der Waals surface area contributed by atoms with Gasteiger partial charge in [0.15, 0.2) is 0 Å². The van der Waals surface area contributed by atoms with E-state index in [0.29, 0.717) is 15.6 Å². The molecule has 0 fully saturated rings. The number of carbonyl (C=O) groups excluding carboxylic acids is 1. The second kappa shape index (κ2) is 8.42. The highest BCUT2D eigenvalue weighted by Crippen LogP contribution is 2.32. The third-order valence-corrected chi connectivity index (χ3v) is 6.56. The molecule has 0 saturated carbocycles. The van der Waals surface area contributed by atoms with Crippen LogP contribution in [0.5, 0.6) is 0 Å². The van der Waals surface area contributed by atoms with E-state index in [1.807, 2.05) is 37.3 Å². The van der Waals surface area contributed by atoms with Gasteiger partial charge in [0.25, 0.3) is 5.91 Å². The monoisotopic (exact) mass is 500 g/mol. The van der Waals surface area contributed by atoms with Gasteiger partial charge in [-0.2, -0.15) is 10.1 Å². The smallest absolute Gasteiger partial charge is 0.267 e. The second-order valence-electron chi connectivity index (χ2n) is 6.27. The highest BCUT2D eigenvalue weighted by atomic mass is 79.9. The zero-order valence-electron chi connectivity index (χ0n) is 15.5. The zero-order valence-corrected chi connectivity index (χ0v) is 18.7. The van der Waals surface area contributed by atoms with Gasteiger partial charge >= 0.3 is 5.00 Å². The number of thiazole rings is 1. The zero-order chi connectivity index (χ0) is 21.3. The number of halogens is 1. The Morgan fingerprint density at radius 2 is 1.93 bits per heavy atom. The van der Waals surface area contributed by atoms with E-state index in [0.717, 1.165) is 31.6 Å². The summed E-state index contributed by atoms with van der Waals surface area (Å²) >= 11 is 5.76. The summed E-state index contributed by atoms with van der Waals surface area (Å²) in [6, 6.07) is 15.9. The van der Waals surface area contributed by atoms with Crippen molar-refractivity contribution in [1.29, 1.82) is 0 Å². The minimum Gasteiger partial charge on any atom is -0.267 e. The lowest BCUT2D eigenvalue weighted by molar-refractivity contribution is -0.380. The van der Waals surface area contributed by atoms with Gasteiger partial charge in [0, 0.05) is 16.1 Å². The van der Waals surface area contributed by atoms with Crippen molar-refractivity contribution in [1.82, 2.24) is 4.98 Å². The van der Waals surface area contributed by atoms with E-state index in [1.165, 1.54) is 28.6 Å². The number of anilines is 1. The summed E-state index contributed by atoms with van der Waals surface area (Å²) in [5.74, 6) is -0.338. The minimum atomic E-state index is -0.456. The molecule has 0 aliphatic rings. The third-order valence-electron chi connectivity index (χ3n) is 4.10. The van der Waals surface area contributed by atoms with E-state index in [1.54, 1.807) is 18.2 Å². The molecular formula is C20H13BrN4O3S2. The van der Waals surface area contributed by atoms with Gasteiger partial charge in [0.1, 0.15) is 0 Å². The van der Waals surface area contributed by atoms with Crippen LogP contribution in [0.4, 0.5) is 10.1 Å². The van der Waals surface area contributed by atoms with E-state index in [-0.39, 0.29) is 10.9 Å². The number of nitrogens with zero attached hydrogens (tertiary/aromatic N) is 4. The first-order valence-electron chi connectivity index (χ1n) is 8.66. The summed E-state index contributed by atoms with van der Waals surface area (Å²) in [6.07, 6.45) is 1.44. The summed E-state index contributed by atoms with van der Waals surface area (Å²) < 4.78 is 1.82. The molecule has 0 aliphatic heterocycles. The number of hydrogen-bond acceptors (Lipinski definition) is 7. The van der Waals surface area contributed by atoms with Gasteiger partial charge in [0.2, 0.25) is 5.13 Å². The average Bonchev–Trinajstić information content (AvgIpc) is 3.35. The summed E-state index contributed by atoms with van der Waals surface area (Å²) in [5.41, 5.74) is 2.26. The van der Waals surface area contributed by atoms with Crippen molar-refractivity contribution in [2.75, 3.05) is 5.01 Å². The maximum Gasteiger partial charge on any atom is 0.324 e. The van der Waals surface area contributed by atoms with Crippen molar-refractivity contribution in [3.05, 3.63) is 85.2 Å². The standard InChI is InChI=1S/C20H13BrN4O3S2/c1-12-2-4-13(5-3-12)19(26)24(22-11-15-7-9-18(29-15)25(27)28)20-23-16-8-6-14(21)10-17(16)30-20/h2-11H,1H3/b22-11+. The van der Waals surface area contributed by atoms with Crippen LogP contribution >= 0.6 is 38.6 Å². The largest absolute Gasteiger partial charge is 0.324 e. The van der Waals surface area contributed by atoms with Crippen molar-refractivity contribution >= 4 is 71.1 Å². The van der Waals surface area contributed by atoms with E-state index < -0.39 is 4.92 Å². The molecule has 1 amide bonds. The van der Waals surface area contributed by atoms with Crippen LogP contribution in [0.15, 0.2) is 64.2 Å². The normalized spacial score (nSPS) is 11.3. The van der Waals surface area contributed by atoms with Crippen LogP contribution in [0, 0.1) is 17.0 Å². The Kier molecular flexibility index (Phi) is 5.71. The van der Waals surface area contributed by atoms with Crippen molar-refractivity contribution in [3.63, 3.8) is 0 Å². The Morgan fingerprint density at radius 1 is 1.17 bits per heavy atom. The summed E-state index contributed by atoms with van der Waals surface area (Å²) in [6.45, 7) is 1.94. The predicted octanol–water partition coefficient (Wildman–Crippen LogP) is 6.02. The lowest BCUT2D eigenvalue weighted by Crippen LogP contribution is -2.25. The predicted molar refractivity (Wildman–Crippen MR) is 124 cm³/mol. The number of aromatic nitrogens is 1. The highest BCUT2D eigenvalue weighted by molar-refractivity contribution is 9.10. The Hall–Kier alpha value is -2.95. The third kappa shape index (κ3) is 4.30. The Bertz CT molecular complexity index is 1280. The number of carbonyl (C=O) groups is 1. The number of thiophene rings is 1. The van der Waals surface area contributed by atoms with Crippen LogP contribution < -0.4 is 5.01 Å². The molecule has 10 heteroatoms. The van der Waals surface area contributed by atoms with Crippen LogP contribution in [0.2, 0.25) is 0 Å². The van der Waals surface area contributed by atoms with Crippen molar-refractivity contribution in [2.24, 2.45) is 5.10 Å². The van der Waals surface area contributed by atoms with Crippen LogP contribution in [-0.4, -0.2) is 22.0 Å². The fraction of sp³-hybridized carbons (Fsp3) is 0.0500. The van der Waals surface area contributed by atoms with Gasteiger partial charge in [-0.05, 0) is 43.3 Å². The van der Waals surface area contributed by atoms with Gasteiger partial charge in [-0.25, -0.2) is 4.98 Å². The SMILES string of the molecule is Cc1ccc(C(=O)N(/N=C/c2ccc([N+](=O)[O-])s2)c2nc3ccc(Br)cc3s2)cc1. The van der Waals surface area contributed by atoms with Gasteiger partial charge in [-0.15, -0.1) is 0 Å². The number of aryl methyl sites for hydroxylation is 1. The molecule has 150 valence electrons. The molecule has 0 spiro atoms. The summed E-state index contributed by atoms with van der Waals surface area (Å²) in [5, 5.41) is 16.9. The number of hydrazone groups is 1. The fourth-order valence-electron chi connectivity index (χ4n) is 2.61. The molecule has 2 heterocycles. The highest BCUT2D eigenvalue weighted by Gasteiger charge is 2.21. The number of nitro groups is 1. The average molecular weight is 501 g/mol. The minimum absolute atomic E-state index is 0.0118. The molecule has 4 rings (SSSR count). The van der Waals surface area contributed by atoms with E-state index in [4.69, 9.17) is 0 Å². The second-order valence-corrected chi connectivity index (χ2v) is 9.29. The Labute approximate surface area is 187 Å². The first kappa shape index (κ1) is 20.3. The number of rotatable bonds is 5. The van der Waals surface area contributed by atoms with Crippen LogP contribution in [-0.2, 0) is 0 Å². The number of hydrogen-bond donors (Lipinski definition) is 0. The summed E-state index contributed by atoms with van der Waals surface area (Å²) in [4.78, 5) is 28.8. The quantitative estimate of drug-likeness (QED) is 0.190. The molecule has 0 radical (unpaired) electrons. The van der Waals surface area contributed by atoms with E-state index in [9.17, 15) is 14.9 Å². The lowest BCUT2D eigenvalue weighted by atomic mass is 10.1. The lowest BCUT2D eigenvalue weighted by Gasteiger charge is -2.13. The van der Waals surface area contributed by atoms with Crippen LogP contribution in [0.1, 0.15) is 20.8 Å². The van der Waals surface area contributed by atoms with Gasteiger partial charge in [-0.1, -0.05) is 56.3 Å². The fourth-order valence-corrected chi connectivity index (χ4v) is 4.77. The molecule has 30 heavy (non-hydrogen) atoms. The maximum absolute atomic E-state index is 13.2. The molecule has 0 unspecified atom stereocenters. The molecule has 7 nitrogen and oxygen atoms in total. The molecule has 2 aromatic heterocycles. The van der Waals surface area contributed by atoms with Crippen molar-refractivity contribution < 1.29 is 9.72 Å². The van der Waals surface area contributed by atoms with E-state index in [2.05, 4.69) is 26.0 Å². The number of amides is 1. The molecule has 0 bridgehead atoms. The van der Waals surface area contributed by atoms with Gasteiger partial charge in [-0.3, -0.25) is 14.9 Å².